The molecule has 0 saturated heterocycles. The summed E-state index contributed by atoms with van der Waals surface area (Å²) in [5.74, 6) is -0.907. The van der Waals surface area contributed by atoms with Gasteiger partial charge in [-0.3, -0.25) is 14.2 Å². The van der Waals surface area contributed by atoms with Crippen LogP contribution in [0.2, 0.25) is 5.02 Å². The van der Waals surface area contributed by atoms with Crippen molar-refractivity contribution in [2.24, 2.45) is 0 Å². The Morgan fingerprint density at radius 3 is 2.64 bits per heavy atom. The Kier molecular flexibility index (Phi) is 6.73. The van der Waals surface area contributed by atoms with Crippen LogP contribution in [0.15, 0.2) is 76.7 Å². The Morgan fingerprint density at radius 2 is 1.91 bits per heavy atom. The van der Waals surface area contributed by atoms with Crippen LogP contribution >= 0.6 is 23.4 Å². The van der Waals surface area contributed by atoms with Crippen LogP contribution in [-0.2, 0) is 11.2 Å². The van der Waals surface area contributed by atoms with Gasteiger partial charge in [-0.15, -0.1) is 0 Å². The number of fused-ring (bicyclic) bond motifs is 1. The summed E-state index contributed by atoms with van der Waals surface area (Å²) in [5, 5.41) is 12.1. The van der Waals surface area contributed by atoms with Crippen molar-refractivity contribution in [1.82, 2.24) is 9.55 Å². The molecule has 4 aromatic rings. The molecule has 0 atom stereocenters. The number of anilines is 1. The number of thioether (sulfide) groups is 1. The molecule has 0 spiro atoms. The molecule has 0 bridgehead atoms. The van der Waals surface area contributed by atoms with E-state index in [2.05, 4.69) is 16.4 Å². The van der Waals surface area contributed by atoms with E-state index in [9.17, 15) is 14.0 Å². The second-order valence-electron chi connectivity index (χ2n) is 7.02. The van der Waals surface area contributed by atoms with Gasteiger partial charge in [0.25, 0.3) is 5.56 Å². The van der Waals surface area contributed by atoms with Gasteiger partial charge in [0.2, 0.25) is 5.91 Å². The minimum atomic E-state index is -0.600. The summed E-state index contributed by atoms with van der Waals surface area (Å²) in [6.07, 6.45) is 0.294. The molecule has 1 N–H and O–H groups in total. The molecule has 3 aromatic carbocycles. The number of halogens is 2. The van der Waals surface area contributed by atoms with Gasteiger partial charge in [0.05, 0.1) is 39.9 Å². The number of para-hydroxylation sites is 1. The molecule has 0 aliphatic carbocycles. The second-order valence-corrected chi connectivity index (χ2v) is 8.37. The molecule has 1 aromatic heterocycles. The third-order valence-electron chi connectivity index (χ3n) is 4.76. The zero-order valence-corrected chi connectivity index (χ0v) is 18.7. The minimum Gasteiger partial charge on any atom is -0.325 e. The first kappa shape index (κ1) is 22.5. The van der Waals surface area contributed by atoms with Crippen molar-refractivity contribution in [1.29, 1.82) is 5.26 Å². The lowest BCUT2D eigenvalue weighted by atomic mass is 10.1. The lowest BCUT2D eigenvalue weighted by molar-refractivity contribution is -0.113. The van der Waals surface area contributed by atoms with Gasteiger partial charge >= 0.3 is 0 Å². The fourth-order valence-corrected chi connectivity index (χ4v) is 4.17. The summed E-state index contributed by atoms with van der Waals surface area (Å²) >= 11 is 7.02. The van der Waals surface area contributed by atoms with Crippen LogP contribution in [0, 0.1) is 17.1 Å². The van der Waals surface area contributed by atoms with Gasteiger partial charge in [-0.05, 0) is 48.0 Å². The minimum absolute atomic E-state index is 0.0142. The molecule has 1 amide bonds. The number of nitrogens with zero attached hydrogens (tertiary/aromatic N) is 3. The van der Waals surface area contributed by atoms with Crippen LogP contribution < -0.4 is 10.9 Å². The van der Waals surface area contributed by atoms with Gasteiger partial charge in [-0.2, -0.15) is 5.26 Å². The zero-order valence-electron chi connectivity index (χ0n) is 17.1. The van der Waals surface area contributed by atoms with Crippen molar-refractivity contribution in [3.63, 3.8) is 0 Å². The monoisotopic (exact) mass is 478 g/mol. The van der Waals surface area contributed by atoms with Crippen LogP contribution in [0.25, 0.3) is 16.6 Å². The van der Waals surface area contributed by atoms with Crippen LogP contribution in [0.4, 0.5) is 10.1 Å². The van der Waals surface area contributed by atoms with Crippen LogP contribution in [0.1, 0.15) is 5.56 Å². The molecule has 164 valence electrons. The molecule has 6 nitrogen and oxygen atoms in total. The second kappa shape index (κ2) is 9.86. The lowest BCUT2D eigenvalue weighted by Gasteiger charge is -2.14. The molecular weight excluding hydrogens is 463 g/mol. The zero-order chi connectivity index (χ0) is 23.4. The van der Waals surface area contributed by atoms with E-state index in [1.165, 1.54) is 22.8 Å². The van der Waals surface area contributed by atoms with Crippen molar-refractivity contribution in [2.75, 3.05) is 11.1 Å². The largest absolute Gasteiger partial charge is 0.325 e. The smallest absolute Gasteiger partial charge is 0.266 e. The molecule has 33 heavy (non-hydrogen) atoms. The Bertz CT molecular complexity index is 1450. The number of hydrogen-bond donors (Lipinski definition) is 1. The number of rotatable bonds is 6. The SMILES string of the molecule is N#CCc1ccc(NC(=O)CSc2nc3ccccc3c(=O)n2-c2ccc(F)c(Cl)c2)cc1. The number of nitrogens with one attached hydrogen (secondary N) is 1. The van der Waals surface area contributed by atoms with Gasteiger partial charge < -0.3 is 5.32 Å². The standard InChI is InChI=1S/C24H16ClFN4O2S/c25-19-13-17(9-10-20(19)26)30-23(32)18-3-1-2-4-21(18)29-24(30)33-14-22(31)28-16-7-5-15(6-8-16)11-12-27/h1-10,13H,11,14H2,(H,28,31). The Hall–Kier alpha value is -3.67. The maximum Gasteiger partial charge on any atom is 0.266 e. The number of aromatic nitrogens is 2. The molecule has 0 aliphatic rings. The third-order valence-corrected chi connectivity index (χ3v) is 5.99. The van der Waals surface area contributed by atoms with Gasteiger partial charge in [0.1, 0.15) is 5.82 Å². The Balaban J connectivity index is 1.62. The molecule has 0 unspecified atom stereocenters. The van der Waals surface area contributed by atoms with Crippen molar-refractivity contribution in [2.45, 2.75) is 11.6 Å². The number of hydrogen-bond acceptors (Lipinski definition) is 5. The summed E-state index contributed by atoms with van der Waals surface area (Å²) in [6, 6.07) is 19.9. The summed E-state index contributed by atoms with van der Waals surface area (Å²) < 4.78 is 15.0. The van der Waals surface area contributed by atoms with E-state index in [-0.39, 0.29) is 27.4 Å². The molecule has 0 radical (unpaired) electrons. The van der Waals surface area contributed by atoms with Crippen LogP contribution in [0.3, 0.4) is 0 Å². The fourth-order valence-electron chi connectivity index (χ4n) is 3.19. The Morgan fingerprint density at radius 1 is 1.15 bits per heavy atom. The molecule has 0 saturated carbocycles. The molecule has 1 heterocycles. The molecule has 4 rings (SSSR count). The topological polar surface area (TPSA) is 87.8 Å². The van der Waals surface area contributed by atoms with Crippen molar-refractivity contribution in [3.8, 4) is 11.8 Å². The molecular formula is C24H16ClFN4O2S. The maximum absolute atomic E-state index is 13.7. The molecule has 9 heteroatoms. The number of benzene rings is 3. The third kappa shape index (κ3) is 5.06. The molecule has 0 fully saturated rings. The predicted molar refractivity (Wildman–Crippen MR) is 127 cm³/mol. The van der Waals surface area contributed by atoms with E-state index in [4.69, 9.17) is 16.9 Å². The number of carbonyl (C=O) groups is 1. The van der Waals surface area contributed by atoms with Gasteiger partial charge in [-0.1, -0.05) is 47.6 Å². The van der Waals surface area contributed by atoms with E-state index in [0.717, 1.165) is 17.3 Å². The van der Waals surface area contributed by atoms with E-state index in [0.29, 0.717) is 28.7 Å². The fraction of sp³-hybridized carbons (Fsp3) is 0.0833. The number of nitriles is 1. The van der Waals surface area contributed by atoms with Crippen molar-refractivity contribution >= 4 is 45.9 Å². The highest BCUT2D eigenvalue weighted by Gasteiger charge is 2.16. The van der Waals surface area contributed by atoms with Crippen LogP contribution in [0.5, 0.6) is 0 Å². The van der Waals surface area contributed by atoms with Gasteiger partial charge in [0, 0.05) is 5.69 Å². The first-order valence-corrected chi connectivity index (χ1v) is 11.2. The maximum atomic E-state index is 13.7. The quantitative estimate of drug-likeness (QED) is 0.312. The summed E-state index contributed by atoms with van der Waals surface area (Å²) in [4.78, 5) is 30.3. The predicted octanol–water partition coefficient (Wildman–Crippen LogP) is 4.98. The highest BCUT2D eigenvalue weighted by atomic mass is 35.5. The first-order chi connectivity index (χ1) is 16.0. The summed E-state index contributed by atoms with van der Waals surface area (Å²) in [7, 11) is 0. The Labute approximate surface area is 197 Å². The number of amides is 1. The van der Waals surface area contributed by atoms with E-state index in [1.807, 2.05) is 0 Å². The van der Waals surface area contributed by atoms with Crippen LogP contribution in [-0.4, -0.2) is 21.2 Å². The van der Waals surface area contributed by atoms with E-state index >= 15 is 0 Å². The highest BCUT2D eigenvalue weighted by molar-refractivity contribution is 7.99. The normalized spacial score (nSPS) is 10.7. The van der Waals surface area contributed by atoms with E-state index in [1.54, 1.807) is 48.5 Å². The van der Waals surface area contributed by atoms with E-state index < -0.39 is 5.82 Å². The highest BCUT2D eigenvalue weighted by Crippen LogP contribution is 2.24. The average Bonchev–Trinajstić information content (AvgIpc) is 2.81. The number of carbonyl (C=O) groups excluding carboxylic acids is 1. The van der Waals surface area contributed by atoms with Gasteiger partial charge in [0.15, 0.2) is 5.16 Å². The average molecular weight is 479 g/mol. The van der Waals surface area contributed by atoms with Crippen molar-refractivity contribution in [3.05, 3.63) is 93.5 Å². The van der Waals surface area contributed by atoms with Gasteiger partial charge in [-0.25, -0.2) is 9.37 Å². The lowest BCUT2D eigenvalue weighted by Crippen LogP contribution is -2.23. The summed E-state index contributed by atoms with van der Waals surface area (Å²) in [6.45, 7) is 0. The molecule has 0 aliphatic heterocycles. The first-order valence-electron chi connectivity index (χ1n) is 9.82. The summed E-state index contributed by atoms with van der Waals surface area (Å²) in [5.41, 5.74) is 1.94. The van der Waals surface area contributed by atoms with Crippen molar-refractivity contribution < 1.29 is 9.18 Å².